The van der Waals surface area contributed by atoms with Crippen LogP contribution >= 0.6 is 0 Å². The average Bonchev–Trinajstić information content (AvgIpc) is 3.03. The van der Waals surface area contributed by atoms with E-state index in [1.165, 1.54) is 6.42 Å². The number of nitrogens with one attached hydrogen (secondary N) is 1. The van der Waals surface area contributed by atoms with Crippen LogP contribution in [-0.2, 0) is 9.84 Å². The lowest BCUT2D eigenvalue weighted by atomic mass is 10.0. The number of hydrogen-bond donors (Lipinski definition) is 1. The van der Waals surface area contributed by atoms with E-state index in [-0.39, 0.29) is 29.3 Å². The lowest BCUT2D eigenvalue weighted by Gasteiger charge is -2.34. The van der Waals surface area contributed by atoms with Crippen molar-refractivity contribution in [2.24, 2.45) is 0 Å². The van der Waals surface area contributed by atoms with E-state index >= 15 is 0 Å². The van der Waals surface area contributed by atoms with Gasteiger partial charge in [-0.15, -0.1) is 0 Å². The van der Waals surface area contributed by atoms with Gasteiger partial charge in [0.05, 0.1) is 23.2 Å². The molecule has 1 N–H and O–H groups in total. The van der Waals surface area contributed by atoms with E-state index in [9.17, 15) is 13.2 Å². The maximum Gasteiger partial charge on any atom is 0.290 e. The van der Waals surface area contributed by atoms with Gasteiger partial charge in [0.2, 0.25) is 5.76 Å². The van der Waals surface area contributed by atoms with Crippen molar-refractivity contribution < 1.29 is 17.7 Å². The second-order valence-electron chi connectivity index (χ2n) is 6.15. The smallest absolute Gasteiger partial charge is 0.290 e. The van der Waals surface area contributed by atoms with Gasteiger partial charge < -0.3 is 9.84 Å². The molecule has 1 amide bonds. The predicted molar refractivity (Wildman–Crippen MR) is 80.4 cm³/mol. The highest BCUT2D eigenvalue weighted by Gasteiger charge is 2.42. The highest BCUT2D eigenvalue weighted by atomic mass is 32.2. The van der Waals surface area contributed by atoms with Gasteiger partial charge in [0.25, 0.3) is 5.91 Å². The Labute approximate surface area is 129 Å². The molecule has 1 aromatic rings. The molecule has 0 bridgehead atoms. The predicted octanol–water partition coefficient (Wildman–Crippen LogP) is 0.364. The van der Waals surface area contributed by atoms with E-state index in [0.29, 0.717) is 5.69 Å². The Morgan fingerprint density at radius 2 is 2.05 bits per heavy atom. The van der Waals surface area contributed by atoms with E-state index in [0.717, 1.165) is 25.9 Å². The van der Waals surface area contributed by atoms with Crippen molar-refractivity contribution in [2.45, 2.75) is 38.3 Å². The van der Waals surface area contributed by atoms with Crippen molar-refractivity contribution in [3.8, 4) is 0 Å². The van der Waals surface area contributed by atoms with Crippen molar-refractivity contribution >= 4 is 15.7 Å². The first-order valence-corrected chi connectivity index (χ1v) is 9.45. The molecule has 0 aromatic carbocycles. The summed E-state index contributed by atoms with van der Waals surface area (Å²) in [5.74, 6) is -0.163. The number of carbonyl (C=O) groups is 1. The minimum atomic E-state index is -3.12. The minimum absolute atomic E-state index is 0.00692. The summed E-state index contributed by atoms with van der Waals surface area (Å²) in [6.07, 6.45) is 3.35. The molecule has 2 saturated heterocycles. The molecule has 3 heterocycles. The molecule has 3 rings (SSSR count). The number of piperidine rings is 1. The summed E-state index contributed by atoms with van der Waals surface area (Å²) in [5, 5.41) is 6.50. The third-order valence-electron chi connectivity index (χ3n) is 4.35. The maximum atomic E-state index is 12.2. The Hall–Kier alpha value is -1.41. The molecular formula is C14H21N3O4S. The highest BCUT2D eigenvalue weighted by Crippen LogP contribution is 2.22. The zero-order chi connectivity index (χ0) is 15.7. The summed E-state index contributed by atoms with van der Waals surface area (Å²) in [6, 6.07) is 1.02. The summed E-state index contributed by atoms with van der Waals surface area (Å²) in [5.41, 5.74) is 0.622. The van der Waals surface area contributed by atoms with Crippen LogP contribution in [0.4, 0.5) is 0 Å². The van der Waals surface area contributed by atoms with Crippen LogP contribution in [0.15, 0.2) is 10.6 Å². The Morgan fingerprint density at radius 3 is 2.68 bits per heavy atom. The van der Waals surface area contributed by atoms with Gasteiger partial charge in [0.1, 0.15) is 0 Å². The van der Waals surface area contributed by atoms with E-state index in [2.05, 4.69) is 15.4 Å². The zero-order valence-corrected chi connectivity index (χ0v) is 13.4. The van der Waals surface area contributed by atoms with Crippen LogP contribution in [0.5, 0.6) is 0 Å². The van der Waals surface area contributed by atoms with Crippen LogP contribution in [0.3, 0.4) is 0 Å². The van der Waals surface area contributed by atoms with Gasteiger partial charge in [-0.3, -0.25) is 9.69 Å². The van der Waals surface area contributed by atoms with Gasteiger partial charge in [-0.2, -0.15) is 0 Å². The van der Waals surface area contributed by atoms with Crippen LogP contribution in [-0.4, -0.2) is 61.1 Å². The molecule has 0 saturated carbocycles. The molecule has 8 heteroatoms. The van der Waals surface area contributed by atoms with E-state index < -0.39 is 15.7 Å². The number of hydrogen-bond acceptors (Lipinski definition) is 6. The van der Waals surface area contributed by atoms with Gasteiger partial charge in [-0.1, -0.05) is 11.6 Å². The van der Waals surface area contributed by atoms with Crippen molar-refractivity contribution in [2.75, 3.05) is 24.6 Å². The van der Waals surface area contributed by atoms with Gasteiger partial charge in [-0.05, 0) is 32.9 Å². The van der Waals surface area contributed by atoms with Gasteiger partial charge in [-0.25, -0.2) is 8.42 Å². The summed E-state index contributed by atoms with van der Waals surface area (Å²) in [6.45, 7) is 3.53. The highest BCUT2D eigenvalue weighted by molar-refractivity contribution is 7.91. The van der Waals surface area contributed by atoms with E-state index in [1.54, 1.807) is 13.0 Å². The van der Waals surface area contributed by atoms with Crippen LogP contribution in [0.25, 0.3) is 0 Å². The average molecular weight is 327 g/mol. The summed E-state index contributed by atoms with van der Waals surface area (Å²) in [7, 11) is -3.12. The summed E-state index contributed by atoms with van der Waals surface area (Å²) < 4.78 is 28.9. The van der Waals surface area contributed by atoms with E-state index in [4.69, 9.17) is 4.52 Å². The standard InChI is InChI=1S/C14H21N3O4S/c1-10-7-13(21-16-10)14(18)15-11-8-22(19,20)9-12(11)17-5-3-2-4-6-17/h7,11-12H,2-6,8-9H2,1H3,(H,15,18)/t11-,12+/m0/s1. The number of rotatable bonds is 3. The molecule has 2 fully saturated rings. The fourth-order valence-corrected chi connectivity index (χ4v) is 5.24. The Kier molecular flexibility index (Phi) is 4.22. The summed E-state index contributed by atoms with van der Waals surface area (Å²) in [4.78, 5) is 14.4. The number of sulfone groups is 1. The zero-order valence-electron chi connectivity index (χ0n) is 12.6. The van der Waals surface area contributed by atoms with Crippen LogP contribution in [0, 0.1) is 6.92 Å². The Balaban J connectivity index is 1.73. The normalized spacial score (nSPS) is 28.6. The molecule has 22 heavy (non-hydrogen) atoms. The number of carbonyl (C=O) groups excluding carboxylic acids is 1. The monoisotopic (exact) mass is 327 g/mol. The molecule has 122 valence electrons. The van der Waals surface area contributed by atoms with Crippen molar-refractivity contribution in [3.63, 3.8) is 0 Å². The molecule has 2 atom stereocenters. The van der Waals surface area contributed by atoms with Gasteiger partial charge >= 0.3 is 0 Å². The third kappa shape index (κ3) is 3.33. The van der Waals surface area contributed by atoms with Crippen LogP contribution in [0.1, 0.15) is 35.5 Å². The van der Waals surface area contributed by atoms with Gasteiger partial charge in [0.15, 0.2) is 9.84 Å². The molecule has 0 spiro atoms. The maximum absolute atomic E-state index is 12.2. The lowest BCUT2D eigenvalue weighted by Crippen LogP contribution is -2.52. The first-order valence-electron chi connectivity index (χ1n) is 7.63. The molecule has 0 radical (unpaired) electrons. The molecule has 0 unspecified atom stereocenters. The van der Waals surface area contributed by atoms with Gasteiger partial charge in [0, 0.05) is 12.1 Å². The molecule has 2 aliphatic heterocycles. The SMILES string of the molecule is Cc1cc(C(=O)N[C@H]2CS(=O)(=O)C[C@H]2N2CCCCC2)on1. The largest absolute Gasteiger partial charge is 0.351 e. The summed E-state index contributed by atoms with van der Waals surface area (Å²) >= 11 is 0. The topological polar surface area (TPSA) is 92.5 Å². The van der Waals surface area contributed by atoms with Crippen LogP contribution < -0.4 is 5.32 Å². The molecule has 1 aromatic heterocycles. The minimum Gasteiger partial charge on any atom is -0.351 e. The second-order valence-corrected chi connectivity index (χ2v) is 8.31. The first kappa shape index (κ1) is 15.5. The number of amides is 1. The lowest BCUT2D eigenvalue weighted by molar-refractivity contribution is 0.0864. The number of aryl methyl sites for hydroxylation is 1. The number of nitrogens with zero attached hydrogens (tertiary/aromatic N) is 2. The fourth-order valence-electron chi connectivity index (χ4n) is 3.29. The first-order chi connectivity index (χ1) is 10.4. The quantitative estimate of drug-likeness (QED) is 0.862. The fraction of sp³-hybridized carbons (Fsp3) is 0.714. The van der Waals surface area contributed by atoms with Crippen molar-refractivity contribution in [3.05, 3.63) is 17.5 Å². The Bertz CT molecular complexity index is 649. The van der Waals surface area contributed by atoms with Crippen LogP contribution in [0.2, 0.25) is 0 Å². The van der Waals surface area contributed by atoms with E-state index in [1.807, 2.05) is 0 Å². The molecular weight excluding hydrogens is 306 g/mol. The van der Waals surface area contributed by atoms with Crippen molar-refractivity contribution in [1.29, 1.82) is 0 Å². The third-order valence-corrected chi connectivity index (χ3v) is 6.07. The Morgan fingerprint density at radius 1 is 1.32 bits per heavy atom. The number of likely N-dealkylation sites (tertiary alicyclic amines) is 1. The molecule has 2 aliphatic rings. The molecule has 0 aliphatic carbocycles. The number of aromatic nitrogens is 1. The molecule has 7 nitrogen and oxygen atoms in total. The van der Waals surface area contributed by atoms with Crippen molar-refractivity contribution in [1.82, 2.24) is 15.4 Å². The second kappa shape index (κ2) is 6.00.